The van der Waals surface area contributed by atoms with Gasteiger partial charge in [0, 0.05) is 10.6 Å². The molecule has 0 spiro atoms. The van der Waals surface area contributed by atoms with Gasteiger partial charge in [-0.2, -0.15) is 0 Å². The monoisotopic (exact) mass is 209 g/mol. The van der Waals surface area contributed by atoms with Crippen molar-refractivity contribution in [3.05, 3.63) is 30.1 Å². The summed E-state index contributed by atoms with van der Waals surface area (Å²) in [5, 5.41) is 2.96. The molecule has 14 heavy (non-hydrogen) atoms. The van der Waals surface area contributed by atoms with Crippen molar-refractivity contribution in [2.24, 2.45) is 0 Å². The first-order valence-electron chi connectivity index (χ1n) is 4.28. The Balaban J connectivity index is 2.54. The first-order chi connectivity index (χ1) is 6.77. The lowest BCUT2D eigenvalue weighted by molar-refractivity contribution is 0.601. The van der Waals surface area contributed by atoms with E-state index in [0.29, 0.717) is 10.6 Å². The topological polar surface area (TPSA) is 12.0 Å². The maximum absolute atomic E-state index is 13.2. The second-order valence-electron chi connectivity index (χ2n) is 2.75. The molecule has 1 aromatic rings. The molecule has 3 heteroatoms. The minimum Gasteiger partial charge on any atom is -0.306 e. The predicted octanol–water partition coefficient (Wildman–Crippen LogP) is 2.14. The molecule has 0 heterocycles. The van der Waals surface area contributed by atoms with E-state index in [9.17, 15) is 4.39 Å². The summed E-state index contributed by atoms with van der Waals surface area (Å²) in [6.45, 7) is 0. The fourth-order valence-corrected chi connectivity index (χ4v) is 1.94. The third-order valence-electron chi connectivity index (χ3n) is 1.79. The van der Waals surface area contributed by atoms with Gasteiger partial charge in [0.25, 0.3) is 0 Å². The molecule has 0 bridgehead atoms. The zero-order valence-electron chi connectivity index (χ0n) is 7.96. The van der Waals surface area contributed by atoms with Gasteiger partial charge in [-0.15, -0.1) is 18.2 Å². The van der Waals surface area contributed by atoms with Crippen LogP contribution in [0.4, 0.5) is 4.39 Å². The normalized spacial score (nSPS) is 12.1. The second-order valence-corrected chi connectivity index (χ2v) is 3.81. The number of rotatable bonds is 4. The molecule has 1 aromatic carbocycles. The lowest BCUT2D eigenvalue weighted by atomic mass is 10.3. The summed E-state index contributed by atoms with van der Waals surface area (Å²) in [6.07, 6.45) is 5.27. The highest BCUT2D eigenvalue weighted by atomic mass is 32.2. The number of halogens is 1. The molecule has 0 saturated carbocycles. The highest BCUT2D eigenvalue weighted by molar-refractivity contribution is 7.99. The quantitative estimate of drug-likeness (QED) is 0.602. The first kappa shape index (κ1) is 11.1. The van der Waals surface area contributed by atoms with Crippen LogP contribution in [0.15, 0.2) is 29.2 Å². The summed E-state index contributed by atoms with van der Waals surface area (Å²) in [5.41, 5.74) is 0. The average Bonchev–Trinajstić information content (AvgIpc) is 2.22. The Hall–Kier alpha value is -0.980. The molecule has 0 aliphatic heterocycles. The Morgan fingerprint density at radius 1 is 1.57 bits per heavy atom. The van der Waals surface area contributed by atoms with E-state index in [0.717, 1.165) is 0 Å². The molecule has 0 aliphatic carbocycles. The largest absolute Gasteiger partial charge is 0.306 e. The smallest absolute Gasteiger partial charge is 0.136 e. The van der Waals surface area contributed by atoms with E-state index in [1.807, 2.05) is 6.07 Å². The summed E-state index contributed by atoms with van der Waals surface area (Å²) >= 11 is 1.42. The van der Waals surface area contributed by atoms with Crippen molar-refractivity contribution in [2.75, 3.05) is 12.8 Å². The summed E-state index contributed by atoms with van der Waals surface area (Å²) < 4.78 is 13.2. The van der Waals surface area contributed by atoms with Gasteiger partial charge in [-0.1, -0.05) is 18.1 Å². The predicted molar refractivity (Wildman–Crippen MR) is 58.8 cm³/mol. The Labute approximate surface area is 88.1 Å². The SMILES string of the molecule is C#CC(CSc1ccccc1F)NC. The van der Waals surface area contributed by atoms with E-state index >= 15 is 0 Å². The molecule has 0 aromatic heterocycles. The summed E-state index contributed by atoms with van der Waals surface area (Å²) in [5.74, 6) is 3.07. The van der Waals surface area contributed by atoms with E-state index in [2.05, 4.69) is 11.2 Å². The average molecular weight is 209 g/mol. The van der Waals surface area contributed by atoms with Crippen molar-refractivity contribution < 1.29 is 4.39 Å². The molecule has 1 rings (SSSR count). The van der Waals surface area contributed by atoms with E-state index in [1.54, 1.807) is 19.2 Å². The third kappa shape index (κ3) is 3.06. The Bertz CT molecular complexity index is 332. The van der Waals surface area contributed by atoms with Gasteiger partial charge in [0.1, 0.15) is 5.82 Å². The van der Waals surface area contributed by atoms with Crippen molar-refractivity contribution in [3.63, 3.8) is 0 Å². The van der Waals surface area contributed by atoms with Crippen molar-refractivity contribution in [1.82, 2.24) is 5.32 Å². The van der Waals surface area contributed by atoms with Crippen LogP contribution in [0.25, 0.3) is 0 Å². The summed E-state index contributed by atoms with van der Waals surface area (Å²) in [4.78, 5) is 0.642. The van der Waals surface area contributed by atoms with Crippen molar-refractivity contribution in [3.8, 4) is 12.3 Å². The highest BCUT2D eigenvalue weighted by Crippen LogP contribution is 2.21. The standard InChI is InChI=1S/C11H12FNS/c1-3-9(13-2)8-14-11-7-5-4-6-10(11)12/h1,4-7,9,13H,8H2,2H3. The van der Waals surface area contributed by atoms with Crippen LogP contribution in [0.3, 0.4) is 0 Å². The maximum atomic E-state index is 13.2. The lowest BCUT2D eigenvalue weighted by Gasteiger charge is -2.08. The Kier molecular flexibility index (Phi) is 4.51. The van der Waals surface area contributed by atoms with Crippen molar-refractivity contribution in [2.45, 2.75) is 10.9 Å². The van der Waals surface area contributed by atoms with Gasteiger partial charge in [0.2, 0.25) is 0 Å². The van der Waals surface area contributed by atoms with Crippen LogP contribution in [0.5, 0.6) is 0 Å². The number of benzene rings is 1. The van der Waals surface area contributed by atoms with Crippen LogP contribution >= 0.6 is 11.8 Å². The number of thioether (sulfide) groups is 1. The van der Waals surface area contributed by atoms with Crippen LogP contribution in [-0.4, -0.2) is 18.8 Å². The minimum atomic E-state index is -0.190. The first-order valence-corrected chi connectivity index (χ1v) is 5.27. The second kappa shape index (κ2) is 5.69. The molecule has 0 saturated heterocycles. The van der Waals surface area contributed by atoms with Crippen LogP contribution in [0.2, 0.25) is 0 Å². The Morgan fingerprint density at radius 3 is 2.86 bits per heavy atom. The van der Waals surface area contributed by atoms with E-state index < -0.39 is 0 Å². The fourth-order valence-electron chi connectivity index (χ4n) is 0.950. The number of terminal acetylenes is 1. The molecule has 1 atom stereocenters. The van der Waals surface area contributed by atoms with Crippen molar-refractivity contribution >= 4 is 11.8 Å². The molecular formula is C11H12FNS. The third-order valence-corrected chi connectivity index (χ3v) is 2.93. The van der Waals surface area contributed by atoms with E-state index in [1.165, 1.54) is 17.8 Å². The maximum Gasteiger partial charge on any atom is 0.136 e. The van der Waals surface area contributed by atoms with E-state index in [4.69, 9.17) is 6.42 Å². The molecular weight excluding hydrogens is 197 g/mol. The number of nitrogens with one attached hydrogen (secondary N) is 1. The van der Waals surface area contributed by atoms with Gasteiger partial charge in [0.05, 0.1) is 6.04 Å². The van der Waals surface area contributed by atoms with Gasteiger partial charge < -0.3 is 5.32 Å². The Morgan fingerprint density at radius 2 is 2.29 bits per heavy atom. The van der Waals surface area contributed by atoms with Gasteiger partial charge in [-0.25, -0.2) is 4.39 Å². The molecule has 0 aliphatic rings. The molecule has 1 unspecified atom stereocenters. The number of hydrogen-bond donors (Lipinski definition) is 1. The van der Waals surface area contributed by atoms with Gasteiger partial charge in [-0.05, 0) is 19.2 Å². The number of hydrogen-bond acceptors (Lipinski definition) is 2. The zero-order valence-corrected chi connectivity index (χ0v) is 8.77. The highest BCUT2D eigenvalue weighted by Gasteiger charge is 2.05. The minimum absolute atomic E-state index is 0.0143. The molecule has 0 radical (unpaired) electrons. The molecule has 1 N–H and O–H groups in total. The van der Waals surface area contributed by atoms with Crippen LogP contribution in [0, 0.1) is 18.2 Å². The fraction of sp³-hybridized carbons (Fsp3) is 0.273. The molecule has 0 amide bonds. The van der Waals surface area contributed by atoms with Gasteiger partial charge in [-0.3, -0.25) is 0 Å². The van der Waals surface area contributed by atoms with Crippen molar-refractivity contribution in [1.29, 1.82) is 0 Å². The molecule has 1 nitrogen and oxygen atoms in total. The van der Waals surface area contributed by atoms with Crippen LogP contribution in [-0.2, 0) is 0 Å². The summed E-state index contributed by atoms with van der Waals surface area (Å²) in [6, 6.07) is 6.68. The van der Waals surface area contributed by atoms with Gasteiger partial charge >= 0.3 is 0 Å². The molecule has 74 valence electrons. The van der Waals surface area contributed by atoms with Crippen LogP contribution in [0.1, 0.15) is 0 Å². The van der Waals surface area contributed by atoms with E-state index in [-0.39, 0.29) is 11.9 Å². The van der Waals surface area contributed by atoms with Gasteiger partial charge in [0.15, 0.2) is 0 Å². The zero-order chi connectivity index (χ0) is 10.4. The van der Waals surface area contributed by atoms with Crippen LogP contribution < -0.4 is 5.32 Å². The summed E-state index contributed by atoms with van der Waals surface area (Å²) in [7, 11) is 1.80. The molecule has 0 fully saturated rings. The lowest BCUT2D eigenvalue weighted by Crippen LogP contribution is -2.25.